The summed E-state index contributed by atoms with van der Waals surface area (Å²) in [6.45, 7) is 0.905. The monoisotopic (exact) mass is 212 g/mol. The average Bonchev–Trinajstić information content (AvgIpc) is 2.31. The molecule has 0 bridgehead atoms. The maximum Gasteiger partial charge on any atom is 0.0599 e. The van der Waals surface area contributed by atoms with Gasteiger partial charge in [0.25, 0.3) is 0 Å². The Morgan fingerprint density at radius 3 is 2.40 bits per heavy atom. The quantitative estimate of drug-likeness (QED) is 0.779. The molecule has 0 radical (unpaired) electrons. The van der Waals surface area contributed by atoms with Gasteiger partial charge in [-0.1, -0.05) is 19.3 Å². The van der Waals surface area contributed by atoms with Crippen LogP contribution in [-0.4, -0.2) is 23.9 Å². The SMILES string of the molecule is OC(CC1CCCCO1)C1CCCCC1. The topological polar surface area (TPSA) is 29.5 Å². The molecule has 1 N–H and O–H groups in total. The highest BCUT2D eigenvalue weighted by Crippen LogP contribution is 2.29. The molecule has 2 unspecified atom stereocenters. The molecule has 2 aliphatic rings. The standard InChI is InChI=1S/C13H24O2/c14-13(11-6-2-1-3-7-11)10-12-8-4-5-9-15-12/h11-14H,1-10H2. The first-order chi connectivity index (χ1) is 7.36. The van der Waals surface area contributed by atoms with E-state index in [4.69, 9.17) is 4.74 Å². The van der Waals surface area contributed by atoms with Crippen molar-refractivity contribution in [2.75, 3.05) is 6.61 Å². The molecule has 2 nitrogen and oxygen atoms in total. The van der Waals surface area contributed by atoms with Crippen molar-refractivity contribution in [3.05, 3.63) is 0 Å². The van der Waals surface area contributed by atoms with Crippen LogP contribution in [0, 0.1) is 5.92 Å². The van der Waals surface area contributed by atoms with Gasteiger partial charge in [0.1, 0.15) is 0 Å². The zero-order valence-corrected chi connectivity index (χ0v) is 9.66. The van der Waals surface area contributed by atoms with Crippen LogP contribution in [0.5, 0.6) is 0 Å². The van der Waals surface area contributed by atoms with E-state index in [1.54, 1.807) is 0 Å². The summed E-state index contributed by atoms with van der Waals surface area (Å²) in [5, 5.41) is 10.1. The molecular formula is C13H24O2. The summed E-state index contributed by atoms with van der Waals surface area (Å²) < 4.78 is 5.68. The third kappa shape index (κ3) is 3.46. The molecule has 0 spiro atoms. The third-order valence-electron chi connectivity index (χ3n) is 3.97. The second-order valence-electron chi connectivity index (χ2n) is 5.19. The van der Waals surface area contributed by atoms with Gasteiger partial charge in [-0.05, 0) is 44.4 Å². The van der Waals surface area contributed by atoms with Gasteiger partial charge < -0.3 is 9.84 Å². The van der Waals surface area contributed by atoms with Gasteiger partial charge in [-0.25, -0.2) is 0 Å². The first kappa shape index (κ1) is 11.4. The Labute approximate surface area is 93.0 Å². The fraction of sp³-hybridized carbons (Fsp3) is 1.00. The second kappa shape index (κ2) is 5.86. The molecule has 15 heavy (non-hydrogen) atoms. The highest BCUT2D eigenvalue weighted by molar-refractivity contribution is 4.77. The van der Waals surface area contributed by atoms with Crippen LogP contribution in [0.1, 0.15) is 57.8 Å². The van der Waals surface area contributed by atoms with Gasteiger partial charge in [0.15, 0.2) is 0 Å². The smallest absolute Gasteiger partial charge is 0.0599 e. The van der Waals surface area contributed by atoms with Crippen LogP contribution in [-0.2, 0) is 4.74 Å². The van der Waals surface area contributed by atoms with E-state index in [-0.39, 0.29) is 6.10 Å². The predicted molar refractivity (Wildman–Crippen MR) is 60.8 cm³/mol. The summed E-state index contributed by atoms with van der Waals surface area (Å²) in [5.41, 5.74) is 0. The molecule has 0 aromatic rings. The Morgan fingerprint density at radius 1 is 1.00 bits per heavy atom. The number of aliphatic hydroxyl groups excluding tert-OH is 1. The van der Waals surface area contributed by atoms with E-state index < -0.39 is 0 Å². The van der Waals surface area contributed by atoms with Crippen LogP contribution in [0.2, 0.25) is 0 Å². The lowest BCUT2D eigenvalue weighted by Crippen LogP contribution is -2.30. The van der Waals surface area contributed by atoms with E-state index in [1.807, 2.05) is 0 Å². The van der Waals surface area contributed by atoms with Crippen molar-refractivity contribution in [1.82, 2.24) is 0 Å². The van der Waals surface area contributed by atoms with Gasteiger partial charge in [0, 0.05) is 6.61 Å². The van der Waals surface area contributed by atoms with Crippen molar-refractivity contribution in [1.29, 1.82) is 0 Å². The van der Waals surface area contributed by atoms with Crippen molar-refractivity contribution in [3.63, 3.8) is 0 Å². The molecule has 88 valence electrons. The lowest BCUT2D eigenvalue weighted by Gasteiger charge is -2.30. The number of aliphatic hydroxyl groups is 1. The molecule has 0 aromatic heterocycles. The first-order valence-corrected chi connectivity index (χ1v) is 6.66. The summed E-state index contributed by atoms with van der Waals surface area (Å²) in [7, 11) is 0. The lowest BCUT2D eigenvalue weighted by atomic mass is 9.83. The largest absolute Gasteiger partial charge is 0.393 e. The van der Waals surface area contributed by atoms with Gasteiger partial charge >= 0.3 is 0 Å². The minimum absolute atomic E-state index is 0.103. The van der Waals surface area contributed by atoms with E-state index >= 15 is 0 Å². The van der Waals surface area contributed by atoms with Crippen LogP contribution >= 0.6 is 0 Å². The second-order valence-corrected chi connectivity index (χ2v) is 5.19. The Bertz CT molecular complexity index is 169. The van der Waals surface area contributed by atoms with Crippen molar-refractivity contribution in [2.24, 2.45) is 5.92 Å². The Morgan fingerprint density at radius 2 is 1.73 bits per heavy atom. The predicted octanol–water partition coefficient (Wildman–Crippen LogP) is 2.89. The third-order valence-corrected chi connectivity index (χ3v) is 3.97. The molecule has 1 aliphatic carbocycles. The summed E-state index contributed by atoms with van der Waals surface area (Å²) >= 11 is 0. The van der Waals surface area contributed by atoms with E-state index in [9.17, 15) is 5.11 Å². The molecule has 2 heteroatoms. The minimum atomic E-state index is -0.103. The van der Waals surface area contributed by atoms with E-state index in [0.717, 1.165) is 19.4 Å². The Balaban J connectivity index is 1.72. The van der Waals surface area contributed by atoms with Gasteiger partial charge in [0.05, 0.1) is 12.2 Å². The van der Waals surface area contributed by atoms with Crippen LogP contribution in [0.3, 0.4) is 0 Å². The van der Waals surface area contributed by atoms with Gasteiger partial charge in [-0.3, -0.25) is 0 Å². The van der Waals surface area contributed by atoms with Crippen molar-refractivity contribution < 1.29 is 9.84 Å². The van der Waals surface area contributed by atoms with Crippen LogP contribution < -0.4 is 0 Å². The molecule has 2 fully saturated rings. The summed E-state index contributed by atoms with van der Waals surface area (Å²) in [6, 6.07) is 0. The zero-order chi connectivity index (χ0) is 10.5. The molecule has 2 rings (SSSR count). The summed E-state index contributed by atoms with van der Waals surface area (Å²) in [6.07, 6.45) is 11.2. The molecule has 1 aliphatic heterocycles. The highest BCUT2D eigenvalue weighted by atomic mass is 16.5. The molecule has 0 amide bonds. The molecular weight excluding hydrogens is 188 g/mol. The fourth-order valence-electron chi connectivity index (χ4n) is 2.97. The fourth-order valence-corrected chi connectivity index (χ4v) is 2.97. The Hall–Kier alpha value is -0.0800. The normalized spacial score (nSPS) is 31.4. The molecule has 1 heterocycles. The lowest BCUT2D eigenvalue weighted by molar-refractivity contribution is -0.0316. The maximum atomic E-state index is 10.1. The summed E-state index contributed by atoms with van der Waals surface area (Å²) in [5.74, 6) is 0.560. The van der Waals surface area contributed by atoms with Crippen LogP contribution in [0.25, 0.3) is 0 Å². The molecule has 1 saturated carbocycles. The van der Waals surface area contributed by atoms with E-state index in [1.165, 1.54) is 44.9 Å². The van der Waals surface area contributed by atoms with Crippen LogP contribution in [0.15, 0.2) is 0 Å². The number of rotatable bonds is 3. The number of ether oxygens (including phenoxy) is 1. The zero-order valence-electron chi connectivity index (χ0n) is 9.66. The van der Waals surface area contributed by atoms with Crippen molar-refractivity contribution >= 4 is 0 Å². The maximum absolute atomic E-state index is 10.1. The summed E-state index contributed by atoms with van der Waals surface area (Å²) in [4.78, 5) is 0. The van der Waals surface area contributed by atoms with Gasteiger partial charge in [0.2, 0.25) is 0 Å². The number of hydrogen-bond donors (Lipinski definition) is 1. The molecule has 1 saturated heterocycles. The van der Waals surface area contributed by atoms with Gasteiger partial charge in [-0.2, -0.15) is 0 Å². The average molecular weight is 212 g/mol. The number of hydrogen-bond acceptors (Lipinski definition) is 2. The first-order valence-electron chi connectivity index (χ1n) is 6.66. The minimum Gasteiger partial charge on any atom is -0.393 e. The van der Waals surface area contributed by atoms with Crippen molar-refractivity contribution in [3.8, 4) is 0 Å². The van der Waals surface area contributed by atoms with E-state index in [0.29, 0.717) is 12.0 Å². The molecule has 2 atom stereocenters. The van der Waals surface area contributed by atoms with E-state index in [2.05, 4.69) is 0 Å². The Kier molecular flexibility index (Phi) is 4.45. The van der Waals surface area contributed by atoms with Crippen molar-refractivity contribution in [2.45, 2.75) is 70.0 Å². The molecule has 0 aromatic carbocycles. The highest BCUT2D eigenvalue weighted by Gasteiger charge is 2.25. The van der Waals surface area contributed by atoms with Crippen LogP contribution in [0.4, 0.5) is 0 Å². The van der Waals surface area contributed by atoms with Gasteiger partial charge in [-0.15, -0.1) is 0 Å².